The minimum Gasteiger partial charge on any atom is -0.392 e. The first-order valence-electron chi connectivity index (χ1n) is 7.78. The fourth-order valence-electron chi connectivity index (χ4n) is 2.28. The molecule has 0 aliphatic rings. The van der Waals surface area contributed by atoms with Gasteiger partial charge in [0, 0.05) is 24.8 Å². The quantitative estimate of drug-likeness (QED) is 0.860. The number of aromatic nitrogens is 2. The van der Waals surface area contributed by atoms with Crippen molar-refractivity contribution in [2.75, 3.05) is 11.9 Å². The maximum Gasteiger partial charge on any atom is 0.323 e. The second-order valence-corrected chi connectivity index (χ2v) is 5.91. The topological polar surface area (TPSA) is 70.4 Å². The van der Waals surface area contributed by atoms with Gasteiger partial charge in [-0.15, -0.1) is 0 Å². The number of hydrogen-bond donors (Lipinski definition) is 2. The molecule has 2 rings (SSSR count). The lowest BCUT2D eigenvalue weighted by Gasteiger charge is -2.27. The molecule has 1 aromatic carbocycles. The van der Waals surface area contributed by atoms with Crippen LogP contribution in [0.25, 0.3) is 0 Å². The summed E-state index contributed by atoms with van der Waals surface area (Å²) in [5, 5.41) is 16.7. The standard InChI is InChI=1S/C17H24N4O2/c1-13(2)21(11-14(3)22)17(23)18-16-9-10-20(19-16)12-15-7-5-4-6-8-15/h4-10,13-14,22H,11-12H2,1-3H3,(H,18,19,23). The van der Waals surface area contributed by atoms with Gasteiger partial charge in [-0.2, -0.15) is 5.10 Å². The Hall–Kier alpha value is -2.34. The number of nitrogens with one attached hydrogen (secondary N) is 1. The SMILES string of the molecule is CC(O)CN(C(=O)Nc1ccn(Cc2ccccc2)n1)C(C)C. The van der Waals surface area contributed by atoms with Crippen molar-refractivity contribution in [3.8, 4) is 0 Å². The predicted molar refractivity (Wildman–Crippen MR) is 90.3 cm³/mol. The summed E-state index contributed by atoms with van der Waals surface area (Å²) >= 11 is 0. The number of anilines is 1. The van der Waals surface area contributed by atoms with Crippen molar-refractivity contribution in [2.24, 2.45) is 0 Å². The van der Waals surface area contributed by atoms with E-state index in [1.54, 1.807) is 22.6 Å². The van der Waals surface area contributed by atoms with Gasteiger partial charge >= 0.3 is 6.03 Å². The molecule has 1 unspecified atom stereocenters. The molecule has 0 spiro atoms. The van der Waals surface area contributed by atoms with Crippen LogP contribution in [0.3, 0.4) is 0 Å². The van der Waals surface area contributed by atoms with Crippen LogP contribution in [0.4, 0.5) is 10.6 Å². The predicted octanol–water partition coefficient (Wildman–Crippen LogP) is 2.55. The minimum absolute atomic E-state index is 0.00370. The monoisotopic (exact) mass is 316 g/mol. The number of aliphatic hydroxyl groups excluding tert-OH is 1. The molecule has 6 nitrogen and oxygen atoms in total. The van der Waals surface area contributed by atoms with E-state index >= 15 is 0 Å². The number of carbonyl (C=O) groups is 1. The fraction of sp³-hybridized carbons (Fsp3) is 0.412. The van der Waals surface area contributed by atoms with Crippen LogP contribution in [0.15, 0.2) is 42.6 Å². The molecule has 2 aromatic rings. The Morgan fingerprint density at radius 3 is 2.57 bits per heavy atom. The Morgan fingerprint density at radius 1 is 1.26 bits per heavy atom. The Bertz CT molecular complexity index is 623. The number of rotatable bonds is 6. The number of nitrogens with zero attached hydrogens (tertiary/aromatic N) is 3. The maximum atomic E-state index is 12.3. The molecular formula is C17H24N4O2. The molecule has 0 aliphatic heterocycles. The Kier molecular flexibility index (Phi) is 5.76. The minimum atomic E-state index is -0.571. The first kappa shape index (κ1) is 17.0. The number of benzene rings is 1. The zero-order valence-electron chi connectivity index (χ0n) is 13.8. The molecule has 1 aromatic heterocycles. The van der Waals surface area contributed by atoms with E-state index < -0.39 is 6.10 Å². The van der Waals surface area contributed by atoms with Gasteiger partial charge in [-0.05, 0) is 26.3 Å². The molecule has 23 heavy (non-hydrogen) atoms. The average Bonchev–Trinajstić information content (AvgIpc) is 2.92. The van der Waals surface area contributed by atoms with Crippen LogP contribution >= 0.6 is 0 Å². The first-order chi connectivity index (χ1) is 11.0. The van der Waals surface area contributed by atoms with E-state index in [2.05, 4.69) is 10.4 Å². The molecule has 0 saturated heterocycles. The summed E-state index contributed by atoms with van der Waals surface area (Å²) in [5.41, 5.74) is 1.14. The zero-order chi connectivity index (χ0) is 16.8. The Morgan fingerprint density at radius 2 is 1.96 bits per heavy atom. The normalized spacial score (nSPS) is 12.2. The summed E-state index contributed by atoms with van der Waals surface area (Å²) in [5.74, 6) is 0.502. The van der Waals surface area contributed by atoms with Crippen molar-refractivity contribution in [1.82, 2.24) is 14.7 Å². The van der Waals surface area contributed by atoms with Gasteiger partial charge in [0.1, 0.15) is 0 Å². The van der Waals surface area contributed by atoms with Gasteiger partial charge in [-0.3, -0.25) is 10.00 Å². The van der Waals surface area contributed by atoms with Gasteiger partial charge in [0.05, 0.1) is 12.6 Å². The number of aliphatic hydroxyl groups is 1. The van der Waals surface area contributed by atoms with Crippen molar-refractivity contribution in [3.05, 3.63) is 48.2 Å². The third-order valence-electron chi connectivity index (χ3n) is 3.41. The van der Waals surface area contributed by atoms with Gasteiger partial charge in [0.2, 0.25) is 0 Å². The molecule has 2 amide bonds. The summed E-state index contributed by atoms with van der Waals surface area (Å²) in [7, 11) is 0. The molecule has 1 heterocycles. The Balaban J connectivity index is 1.99. The molecule has 6 heteroatoms. The number of amides is 2. The van der Waals surface area contributed by atoms with E-state index in [4.69, 9.17) is 0 Å². The molecule has 2 N–H and O–H groups in total. The van der Waals surface area contributed by atoms with Gasteiger partial charge in [0.15, 0.2) is 5.82 Å². The van der Waals surface area contributed by atoms with Crippen molar-refractivity contribution in [2.45, 2.75) is 39.5 Å². The van der Waals surface area contributed by atoms with Gasteiger partial charge in [-0.25, -0.2) is 4.79 Å². The third-order valence-corrected chi connectivity index (χ3v) is 3.41. The van der Waals surface area contributed by atoms with Crippen LogP contribution in [0.1, 0.15) is 26.3 Å². The second kappa shape index (κ2) is 7.78. The molecule has 0 bridgehead atoms. The summed E-state index contributed by atoms with van der Waals surface area (Å²) in [6.07, 6.45) is 1.26. The van der Waals surface area contributed by atoms with Gasteiger partial charge in [0.25, 0.3) is 0 Å². The molecule has 0 saturated carbocycles. The van der Waals surface area contributed by atoms with Crippen LogP contribution in [0.5, 0.6) is 0 Å². The Labute approximate surface area is 136 Å². The van der Waals surface area contributed by atoms with E-state index in [-0.39, 0.29) is 18.6 Å². The highest BCUT2D eigenvalue weighted by atomic mass is 16.3. The lowest BCUT2D eigenvalue weighted by atomic mass is 10.2. The average molecular weight is 316 g/mol. The van der Waals surface area contributed by atoms with E-state index in [9.17, 15) is 9.90 Å². The third kappa shape index (κ3) is 5.10. The van der Waals surface area contributed by atoms with E-state index in [0.29, 0.717) is 12.4 Å². The van der Waals surface area contributed by atoms with Gasteiger partial charge in [-0.1, -0.05) is 30.3 Å². The number of urea groups is 1. The highest BCUT2D eigenvalue weighted by Gasteiger charge is 2.19. The number of carbonyl (C=O) groups excluding carboxylic acids is 1. The summed E-state index contributed by atoms with van der Waals surface area (Å²) in [6.45, 7) is 6.43. The molecule has 124 valence electrons. The molecule has 0 aliphatic carbocycles. The zero-order valence-corrected chi connectivity index (χ0v) is 13.8. The molecule has 0 fully saturated rings. The summed E-state index contributed by atoms with van der Waals surface area (Å²) < 4.78 is 1.78. The van der Waals surface area contributed by atoms with E-state index in [0.717, 1.165) is 5.56 Å². The molecule has 0 radical (unpaired) electrons. The first-order valence-corrected chi connectivity index (χ1v) is 7.78. The van der Waals surface area contributed by atoms with E-state index in [1.807, 2.05) is 50.4 Å². The molecular weight excluding hydrogens is 292 g/mol. The van der Waals surface area contributed by atoms with E-state index in [1.165, 1.54) is 0 Å². The van der Waals surface area contributed by atoms with Crippen molar-refractivity contribution in [1.29, 1.82) is 0 Å². The van der Waals surface area contributed by atoms with Crippen LogP contribution in [0.2, 0.25) is 0 Å². The van der Waals surface area contributed by atoms with Crippen LogP contribution in [-0.2, 0) is 6.54 Å². The largest absolute Gasteiger partial charge is 0.392 e. The fourth-order valence-corrected chi connectivity index (χ4v) is 2.28. The maximum absolute atomic E-state index is 12.3. The van der Waals surface area contributed by atoms with Crippen molar-refractivity contribution < 1.29 is 9.90 Å². The van der Waals surface area contributed by atoms with Crippen LogP contribution in [0, 0.1) is 0 Å². The highest BCUT2D eigenvalue weighted by Crippen LogP contribution is 2.09. The lowest BCUT2D eigenvalue weighted by Crippen LogP contribution is -2.43. The second-order valence-electron chi connectivity index (χ2n) is 5.91. The smallest absolute Gasteiger partial charge is 0.323 e. The lowest BCUT2D eigenvalue weighted by molar-refractivity contribution is 0.125. The van der Waals surface area contributed by atoms with Crippen molar-refractivity contribution >= 4 is 11.8 Å². The summed E-state index contributed by atoms with van der Waals surface area (Å²) in [6, 6.07) is 11.5. The van der Waals surface area contributed by atoms with Crippen LogP contribution in [-0.4, -0.2) is 44.5 Å². The number of hydrogen-bond acceptors (Lipinski definition) is 3. The van der Waals surface area contributed by atoms with Gasteiger partial charge < -0.3 is 10.0 Å². The highest BCUT2D eigenvalue weighted by molar-refractivity contribution is 5.88. The molecule has 1 atom stereocenters. The summed E-state index contributed by atoms with van der Waals surface area (Å²) in [4.78, 5) is 13.9. The van der Waals surface area contributed by atoms with Crippen LogP contribution < -0.4 is 5.32 Å². The van der Waals surface area contributed by atoms with Crippen molar-refractivity contribution in [3.63, 3.8) is 0 Å².